The van der Waals surface area contributed by atoms with E-state index in [9.17, 15) is 0 Å². The van der Waals surface area contributed by atoms with Crippen LogP contribution in [0.5, 0.6) is 0 Å². The summed E-state index contributed by atoms with van der Waals surface area (Å²) < 4.78 is 5.28. The fourth-order valence-corrected chi connectivity index (χ4v) is 2.84. The molecule has 1 heterocycles. The summed E-state index contributed by atoms with van der Waals surface area (Å²) in [6.45, 7) is 0.0810. The van der Waals surface area contributed by atoms with E-state index in [1.807, 2.05) is 54.6 Å². The van der Waals surface area contributed by atoms with Crippen LogP contribution < -0.4 is 0 Å². The molecule has 0 aliphatic rings. The van der Waals surface area contributed by atoms with Crippen LogP contribution >= 0.6 is 11.8 Å². The van der Waals surface area contributed by atoms with Gasteiger partial charge < -0.3 is 9.63 Å². The molecule has 0 bridgehead atoms. The third-order valence-electron chi connectivity index (χ3n) is 3.20. The highest BCUT2D eigenvalue weighted by Crippen LogP contribution is 2.20. The molecule has 3 rings (SSSR count). The molecule has 3 aromatic rings. The van der Waals surface area contributed by atoms with Gasteiger partial charge in [0, 0.05) is 11.3 Å². The van der Waals surface area contributed by atoms with Crippen LogP contribution in [0.15, 0.2) is 59.1 Å². The Morgan fingerprint density at radius 1 is 0.909 bits per heavy atom. The molecule has 0 radical (unpaired) electrons. The number of thioether (sulfide) groups is 1. The Bertz CT molecular complexity index is 711. The summed E-state index contributed by atoms with van der Waals surface area (Å²) in [4.78, 5) is 4.41. The van der Waals surface area contributed by atoms with Crippen molar-refractivity contribution in [1.82, 2.24) is 10.1 Å². The van der Waals surface area contributed by atoms with E-state index < -0.39 is 0 Å². The van der Waals surface area contributed by atoms with Crippen LogP contribution in [-0.2, 0) is 18.1 Å². The van der Waals surface area contributed by atoms with Crippen LogP contribution in [0.1, 0.15) is 17.0 Å². The maximum absolute atomic E-state index is 9.02. The SMILES string of the molecule is OCc1ccc(CSCc2nc(-c3ccccc3)no2)cc1. The molecule has 0 spiro atoms. The van der Waals surface area contributed by atoms with Gasteiger partial charge in [-0.3, -0.25) is 0 Å². The van der Waals surface area contributed by atoms with Crippen LogP contribution in [0.25, 0.3) is 11.4 Å². The first-order chi connectivity index (χ1) is 10.8. The van der Waals surface area contributed by atoms with Crippen molar-refractivity contribution in [2.24, 2.45) is 0 Å². The second-order valence-corrected chi connectivity index (χ2v) is 5.83. The molecular formula is C17H16N2O2S. The molecule has 5 heteroatoms. The molecule has 22 heavy (non-hydrogen) atoms. The first kappa shape index (κ1) is 14.8. The largest absolute Gasteiger partial charge is 0.392 e. The van der Waals surface area contributed by atoms with Gasteiger partial charge in [-0.2, -0.15) is 4.98 Å². The Morgan fingerprint density at radius 2 is 1.64 bits per heavy atom. The van der Waals surface area contributed by atoms with Crippen molar-refractivity contribution >= 4 is 11.8 Å². The summed E-state index contributed by atoms with van der Waals surface area (Å²) in [6, 6.07) is 17.7. The lowest BCUT2D eigenvalue weighted by Gasteiger charge is -2.01. The first-order valence-electron chi connectivity index (χ1n) is 6.99. The van der Waals surface area contributed by atoms with Gasteiger partial charge >= 0.3 is 0 Å². The lowest BCUT2D eigenvalue weighted by atomic mass is 10.2. The second kappa shape index (κ2) is 7.24. The Balaban J connectivity index is 1.54. The van der Waals surface area contributed by atoms with Crippen molar-refractivity contribution in [3.8, 4) is 11.4 Å². The van der Waals surface area contributed by atoms with E-state index >= 15 is 0 Å². The van der Waals surface area contributed by atoms with Crippen molar-refractivity contribution in [1.29, 1.82) is 0 Å². The monoisotopic (exact) mass is 312 g/mol. The average molecular weight is 312 g/mol. The van der Waals surface area contributed by atoms with Crippen molar-refractivity contribution in [2.45, 2.75) is 18.1 Å². The quantitative estimate of drug-likeness (QED) is 0.752. The maximum atomic E-state index is 9.02. The highest BCUT2D eigenvalue weighted by molar-refractivity contribution is 7.97. The summed E-state index contributed by atoms with van der Waals surface area (Å²) in [5, 5.41) is 13.0. The standard InChI is InChI=1S/C17H16N2O2S/c20-10-13-6-8-14(9-7-13)11-22-12-16-18-17(19-21-16)15-4-2-1-3-5-15/h1-9,20H,10-12H2. The number of rotatable bonds is 6. The summed E-state index contributed by atoms with van der Waals surface area (Å²) in [6.07, 6.45) is 0. The van der Waals surface area contributed by atoms with Crippen molar-refractivity contribution in [2.75, 3.05) is 0 Å². The molecule has 0 atom stereocenters. The topological polar surface area (TPSA) is 59.2 Å². The van der Waals surface area contributed by atoms with Gasteiger partial charge in [-0.25, -0.2) is 0 Å². The van der Waals surface area contributed by atoms with Crippen LogP contribution in [0.3, 0.4) is 0 Å². The Labute approximate surface area is 133 Å². The Morgan fingerprint density at radius 3 is 2.36 bits per heavy atom. The molecule has 0 aliphatic heterocycles. The van der Waals surface area contributed by atoms with E-state index in [0.29, 0.717) is 17.5 Å². The van der Waals surface area contributed by atoms with E-state index in [1.165, 1.54) is 5.56 Å². The molecule has 1 N–H and O–H groups in total. The van der Waals surface area contributed by atoms with E-state index in [2.05, 4.69) is 10.1 Å². The molecule has 0 saturated carbocycles. The van der Waals surface area contributed by atoms with Gasteiger partial charge in [0.25, 0.3) is 0 Å². The molecule has 1 aromatic heterocycles. The van der Waals surface area contributed by atoms with Crippen LogP contribution in [-0.4, -0.2) is 15.2 Å². The van der Waals surface area contributed by atoms with Gasteiger partial charge in [-0.1, -0.05) is 59.8 Å². The van der Waals surface area contributed by atoms with E-state index in [-0.39, 0.29) is 6.61 Å². The molecule has 0 saturated heterocycles. The Hall–Kier alpha value is -2.11. The number of hydrogen-bond donors (Lipinski definition) is 1. The second-order valence-electron chi connectivity index (χ2n) is 4.85. The lowest BCUT2D eigenvalue weighted by molar-refractivity contribution is 0.282. The lowest BCUT2D eigenvalue weighted by Crippen LogP contribution is -1.86. The zero-order valence-corrected chi connectivity index (χ0v) is 12.8. The normalized spacial score (nSPS) is 10.8. The predicted molar refractivity (Wildman–Crippen MR) is 87.1 cm³/mol. The van der Waals surface area contributed by atoms with E-state index in [1.54, 1.807) is 11.8 Å². The summed E-state index contributed by atoms with van der Waals surface area (Å²) >= 11 is 1.72. The minimum atomic E-state index is 0.0810. The Kier molecular flexibility index (Phi) is 4.88. The number of aliphatic hydroxyl groups excluding tert-OH is 1. The van der Waals surface area contributed by atoms with Crippen LogP contribution in [0.2, 0.25) is 0 Å². The molecule has 4 nitrogen and oxygen atoms in total. The van der Waals surface area contributed by atoms with Gasteiger partial charge in [-0.15, -0.1) is 11.8 Å². The fraction of sp³-hybridized carbons (Fsp3) is 0.176. The van der Waals surface area contributed by atoms with Crippen molar-refractivity contribution < 1.29 is 9.63 Å². The minimum Gasteiger partial charge on any atom is -0.392 e. The minimum absolute atomic E-state index is 0.0810. The van der Waals surface area contributed by atoms with Gasteiger partial charge in [0.05, 0.1) is 12.4 Å². The number of aliphatic hydroxyl groups is 1. The highest BCUT2D eigenvalue weighted by Gasteiger charge is 2.08. The van der Waals surface area contributed by atoms with E-state index in [4.69, 9.17) is 9.63 Å². The zero-order valence-electron chi connectivity index (χ0n) is 12.0. The molecule has 0 fully saturated rings. The summed E-state index contributed by atoms with van der Waals surface area (Å²) in [7, 11) is 0. The van der Waals surface area contributed by atoms with Gasteiger partial charge in [0.15, 0.2) is 0 Å². The van der Waals surface area contributed by atoms with Crippen LogP contribution in [0.4, 0.5) is 0 Å². The van der Waals surface area contributed by atoms with Gasteiger partial charge in [0.2, 0.25) is 11.7 Å². The van der Waals surface area contributed by atoms with Gasteiger partial charge in [0.1, 0.15) is 0 Å². The molecule has 112 valence electrons. The summed E-state index contributed by atoms with van der Waals surface area (Å²) in [5.41, 5.74) is 3.10. The molecule has 0 amide bonds. The number of hydrogen-bond acceptors (Lipinski definition) is 5. The summed E-state index contributed by atoms with van der Waals surface area (Å²) in [5.74, 6) is 2.82. The molecule has 0 unspecified atom stereocenters. The van der Waals surface area contributed by atoms with Crippen molar-refractivity contribution in [3.05, 3.63) is 71.6 Å². The third-order valence-corrected chi connectivity index (χ3v) is 4.19. The van der Waals surface area contributed by atoms with Crippen LogP contribution in [0, 0.1) is 0 Å². The highest BCUT2D eigenvalue weighted by atomic mass is 32.2. The number of benzene rings is 2. The zero-order chi connectivity index (χ0) is 15.2. The molecule has 2 aromatic carbocycles. The predicted octanol–water partition coefficient (Wildman–Crippen LogP) is 3.66. The smallest absolute Gasteiger partial charge is 0.236 e. The van der Waals surface area contributed by atoms with Gasteiger partial charge in [-0.05, 0) is 11.1 Å². The molecular weight excluding hydrogens is 296 g/mol. The van der Waals surface area contributed by atoms with E-state index in [0.717, 1.165) is 16.9 Å². The maximum Gasteiger partial charge on any atom is 0.236 e. The third kappa shape index (κ3) is 3.75. The average Bonchev–Trinajstić information content (AvgIpc) is 3.05. The fourth-order valence-electron chi connectivity index (χ4n) is 2.02. The van der Waals surface area contributed by atoms with Crippen molar-refractivity contribution in [3.63, 3.8) is 0 Å². The number of aromatic nitrogens is 2. The molecule has 0 aliphatic carbocycles. The first-order valence-corrected chi connectivity index (χ1v) is 8.15. The number of nitrogens with zero attached hydrogens (tertiary/aromatic N) is 2.